The van der Waals surface area contributed by atoms with Gasteiger partial charge < -0.3 is 10.2 Å². The molecule has 2 aromatic rings. The molecule has 28 heavy (non-hydrogen) atoms. The third-order valence-electron chi connectivity index (χ3n) is 4.71. The Morgan fingerprint density at radius 2 is 1.89 bits per heavy atom. The molecule has 0 radical (unpaired) electrons. The second-order valence-electron chi connectivity index (χ2n) is 7.15. The molecule has 7 heteroatoms. The SMILES string of the molecule is CCNC(=NCCC(C)N(C)Cc1ccccc1)N(C)Cc1cnn(C)c1.I. The predicted molar refractivity (Wildman–Crippen MR) is 128 cm³/mol. The van der Waals surface area contributed by atoms with Gasteiger partial charge in [0.25, 0.3) is 0 Å². The number of hydrogen-bond donors (Lipinski definition) is 1. The summed E-state index contributed by atoms with van der Waals surface area (Å²) in [4.78, 5) is 9.36. The molecule has 0 bridgehead atoms. The van der Waals surface area contributed by atoms with Crippen molar-refractivity contribution in [3.05, 3.63) is 53.9 Å². The average molecular weight is 498 g/mol. The molecule has 0 fully saturated rings. The highest BCUT2D eigenvalue weighted by Crippen LogP contribution is 2.09. The van der Waals surface area contributed by atoms with E-state index in [0.29, 0.717) is 6.04 Å². The highest BCUT2D eigenvalue weighted by molar-refractivity contribution is 14.0. The van der Waals surface area contributed by atoms with E-state index >= 15 is 0 Å². The molecule has 0 aliphatic carbocycles. The maximum Gasteiger partial charge on any atom is 0.193 e. The molecule has 1 aromatic carbocycles. The first-order valence-corrected chi connectivity index (χ1v) is 9.70. The number of aryl methyl sites for hydroxylation is 1. The minimum absolute atomic E-state index is 0. The van der Waals surface area contributed by atoms with E-state index in [0.717, 1.165) is 38.6 Å². The number of nitrogens with one attached hydrogen (secondary N) is 1. The lowest BCUT2D eigenvalue weighted by molar-refractivity contribution is 0.240. The van der Waals surface area contributed by atoms with E-state index < -0.39 is 0 Å². The summed E-state index contributed by atoms with van der Waals surface area (Å²) in [5.41, 5.74) is 2.53. The van der Waals surface area contributed by atoms with Gasteiger partial charge in [0, 0.05) is 58.1 Å². The van der Waals surface area contributed by atoms with Crippen LogP contribution in [0.2, 0.25) is 0 Å². The second kappa shape index (κ2) is 12.8. The van der Waals surface area contributed by atoms with Gasteiger partial charge in [-0.15, -0.1) is 24.0 Å². The van der Waals surface area contributed by atoms with E-state index in [1.807, 2.05) is 24.1 Å². The fourth-order valence-electron chi connectivity index (χ4n) is 2.98. The largest absolute Gasteiger partial charge is 0.357 e. The molecule has 0 aliphatic rings. The third kappa shape index (κ3) is 8.18. The molecule has 0 amide bonds. The number of aromatic nitrogens is 2. The molecule has 2 rings (SSSR count). The summed E-state index contributed by atoms with van der Waals surface area (Å²) in [7, 11) is 6.19. The Balaban J connectivity index is 0.00000392. The Kier molecular flexibility index (Phi) is 11.1. The molecule has 6 nitrogen and oxygen atoms in total. The Bertz CT molecular complexity index is 700. The van der Waals surface area contributed by atoms with Crippen molar-refractivity contribution in [3.8, 4) is 0 Å². The first kappa shape index (κ1) is 24.4. The van der Waals surface area contributed by atoms with Gasteiger partial charge in [-0.1, -0.05) is 30.3 Å². The first-order chi connectivity index (χ1) is 13.0. The Morgan fingerprint density at radius 1 is 1.18 bits per heavy atom. The van der Waals surface area contributed by atoms with Crippen LogP contribution in [0.5, 0.6) is 0 Å². The van der Waals surface area contributed by atoms with Crippen molar-refractivity contribution in [1.82, 2.24) is 24.9 Å². The summed E-state index contributed by atoms with van der Waals surface area (Å²) < 4.78 is 1.83. The van der Waals surface area contributed by atoms with Gasteiger partial charge in [-0.2, -0.15) is 5.10 Å². The number of nitrogens with zero attached hydrogens (tertiary/aromatic N) is 5. The van der Waals surface area contributed by atoms with Crippen LogP contribution in [0, 0.1) is 0 Å². The summed E-state index contributed by atoms with van der Waals surface area (Å²) in [6.07, 6.45) is 4.97. The molecule has 0 saturated carbocycles. The lowest BCUT2D eigenvalue weighted by Gasteiger charge is -2.25. The molecule has 1 atom stereocenters. The first-order valence-electron chi connectivity index (χ1n) is 9.70. The van der Waals surface area contributed by atoms with Crippen molar-refractivity contribution in [2.24, 2.45) is 12.0 Å². The zero-order chi connectivity index (χ0) is 19.6. The molecule has 1 aromatic heterocycles. The van der Waals surface area contributed by atoms with Gasteiger partial charge in [0.05, 0.1) is 6.20 Å². The zero-order valence-corrected chi connectivity index (χ0v) is 20.1. The molecule has 156 valence electrons. The summed E-state index contributed by atoms with van der Waals surface area (Å²) in [6.45, 7) is 7.80. The summed E-state index contributed by atoms with van der Waals surface area (Å²) in [5.74, 6) is 0.944. The number of aliphatic imine (C=N–C) groups is 1. The maximum absolute atomic E-state index is 4.82. The van der Waals surface area contributed by atoms with Gasteiger partial charge in [0.2, 0.25) is 0 Å². The van der Waals surface area contributed by atoms with Crippen molar-refractivity contribution >= 4 is 29.9 Å². The van der Waals surface area contributed by atoms with Crippen molar-refractivity contribution in [3.63, 3.8) is 0 Å². The molecule has 1 unspecified atom stereocenters. The van der Waals surface area contributed by atoms with Crippen LogP contribution < -0.4 is 5.32 Å². The fraction of sp³-hybridized carbons (Fsp3) is 0.524. The number of hydrogen-bond acceptors (Lipinski definition) is 3. The van der Waals surface area contributed by atoms with Gasteiger partial charge in [-0.3, -0.25) is 14.6 Å². The van der Waals surface area contributed by atoms with Gasteiger partial charge in [-0.25, -0.2) is 0 Å². The molecule has 1 N–H and O–H groups in total. The molecule has 0 spiro atoms. The van der Waals surface area contributed by atoms with E-state index in [2.05, 4.69) is 78.5 Å². The van der Waals surface area contributed by atoms with E-state index in [-0.39, 0.29) is 24.0 Å². The van der Waals surface area contributed by atoms with Crippen LogP contribution >= 0.6 is 24.0 Å². The Labute approximate surface area is 187 Å². The van der Waals surface area contributed by atoms with Gasteiger partial charge in [0.1, 0.15) is 0 Å². The maximum atomic E-state index is 4.82. The average Bonchev–Trinajstić information content (AvgIpc) is 3.06. The lowest BCUT2D eigenvalue weighted by atomic mass is 10.1. The predicted octanol–water partition coefficient (Wildman–Crippen LogP) is 3.35. The molecular weight excluding hydrogens is 463 g/mol. The number of benzene rings is 1. The van der Waals surface area contributed by atoms with Crippen LogP contribution in [0.1, 0.15) is 31.4 Å². The summed E-state index contributed by atoms with van der Waals surface area (Å²) >= 11 is 0. The topological polar surface area (TPSA) is 48.7 Å². The minimum Gasteiger partial charge on any atom is -0.357 e. The Morgan fingerprint density at radius 3 is 2.50 bits per heavy atom. The summed E-state index contributed by atoms with van der Waals surface area (Å²) in [6, 6.07) is 11.1. The fourth-order valence-corrected chi connectivity index (χ4v) is 2.98. The van der Waals surface area contributed by atoms with Crippen LogP contribution in [-0.2, 0) is 20.1 Å². The molecule has 1 heterocycles. The lowest BCUT2D eigenvalue weighted by Crippen LogP contribution is -2.38. The van der Waals surface area contributed by atoms with Crippen LogP contribution in [0.25, 0.3) is 0 Å². The normalized spacial score (nSPS) is 12.6. The van der Waals surface area contributed by atoms with Crippen molar-refractivity contribution in [1.29, 1.82) is 0 Å². The molecular formula is C21H35IN6. The van der Waals surface area contributed by atoms with Gasteiger partial charge in [0.15, 0.2) is 5.96 Å². The second-order valence-corrected chi connectivity index (χ2v) is 7.15. The highest BCUT2D eigenvalue weighted by atomic mass is 127. The van der Waals surface area contributed by atoms with Crippen LogP contribution in [-0.4, -0.2) is 58.8 Å². The number of rotatable bonds is 9. The van der Waals surface area contributed by atoms with Crippen molar-refractivity contribution < 1.29 is 0 Å². The van der Waals surface area contributed by atoms with E-state index in [1.165, 1.54) is 11.1 Å². The number of halogens is 1. The quantitative estimate of drug-likeness (QED) is 0.328. The van der Waals surface area contributed by atoms with Crippen LogP contribution in [0.3, 0.4) is 0 Å². The van der Waals surface area contributed by atoms with Gasteiger partial charge in [-0.05, 0) is 32.9 Å². The van der Waals surface area contributed by atoms with Crippen LogP contribution in [0.4, 0.5) is 0 Å². The third-order valence-corrected chi connectivity index (χ3v) is 4.71. The van der Waals surface area contributed by atoms with Crippen molar-refractivity contribution in [2.45, 2.75) is 39.4 Å². The van der Waals surface area contributed by atoms with E-state index in [1.54, 1.807) is 0 Å². The standard InChI is InChI=1S/C21H34N6.HI/c1-6-22-21(26(4)16-20-14-24-27(5)17-20)23-13-12-18(2)25(3)15-19-10-8-7-9-11-19;/h7-11,14,17-18H,6,12-13,15-16H2,1-5H3,(H,22,23);1H. The van der Waals surface area contributed by atoms with Crippen LogP contribution in [0.15, 0.2) is 47.7 Å². The van der Waals surface area contributed by atoms with Gasteiger partial charge >= 0.3 is 0 Å². The zero-order valence-electron chi connectivity index (χ0n) is 17.8. The van der Waals surface area contributed by atoms with E-state index in [4.69, 9.17) is 4.99 Å². The summed E-state index contributed by atoms with van der Waals surface area (Å²) in [5, 5.41) is 7.63. The monoisotopic (exact) mass is 498 g/mol. The highest BCUT2D eigenvalue weighted by Gasteiger charge is 2.11. The Hall–Kier alpha value is -1.61. The molecule has 0 saturated heterocycles. The smallest absolute Gasteiger partial charge is 0.193 e. The minimum atomic E-state index is 0. The van der Waals surface area contributed by atoms with Crippen molar-refractivity contribution in [2.75, 3.05) is 27.2 Å². The van der Waals surface area contributed by atoms with E-state index in [9.17, 15) is 0 Å². The molecule has 0 aliphatic heterocycles. The number of guanidine groups is 1.